The molecule has 0 saturated carbocycles. The van der Waals surface area contributed by atoms with E-state index >= 15 is 0 Å². The first-order chi connectivity index (χ1) is 12.0. The van der Waals surface area contributed by atoms with Crippen LogP contribution in [0.25, 0.3) is 10.8 Å². The summed E-state index contributed by atoms with van der Waals surface area (Å²) >= 11 is 1.45. The van der Waals surface area contributed by atoms with Gasteiger partial charge in [0.05, 0.1) is 17.3 Å². The van der Waals surface area contributed by atoms with Gasteiger partial charge in [0, 0.05) is 6.04 Å². The fourth-order valence-corrected chi connectivity index (χ4v) is 3.13. The standard InChI is InChI=1S/C18H19N3O3S/c1-12(19-16(22)13(2)14-7-4-3-5-8-14)11-21-18(23)24-17(20-21)15-9-6-10-25-15/h3-10,12-13H,11H2,1-2H3,(H,19,22)/t12-,13+/m0/s1. The zero-order valence-corrected chi connectivity index (χ0v) is 14.8. The third-order valence-electron chi connectivity index (χ3n) is 3.87. The molecule has 2 aromatic heterocycles. The van der Waals surface area contributed by atoms with Crippen molar-refractivity contribution in [2.24, 2.45) is 0 Å². The van der Waals surface area contributed by atoms with Gasteiger partial charge in [-0.1, -0.05) is 36.4 Å². The smallest absolute Gasteiger partial charge is 0.387 e. The van der Waals surface area contributed by atoms with Gasteiger partial charge in [0.15, 0.2) is 0 Å². The zero-order chi connectivity index (χ0) is 17.8. The number of nitrogens with zero attached hydrogens (tertiary/aromatic N) is 2. The lowest BCUT2D eigenvalue weighted by atomic mass is 10.0. The minimum absolute atomic E-state index is 0.0891. The average Bonchev–Trinajstić information content (AvgIpc) is 3.25. The van der Waals surface area contributed by atoms with E-state index in [9.17, 15) is 9.59 Å². The van der Waals surface area contributed by atoms with Crippen LogP contribution >= 0.6 is 11.3 Å². The van der Waals surface area contributed by atoms with Crippen molar-refractivity contribution in [3.8, 4) is 10.8 Å². The molecule has 0 fully saturated rings. The highest BCUT2D eigenvalue weighted by Gasteiger charge is 2.19. The van der Waals surface area contributed by atoms with E-state index in [-0.39, 0.29) is 24.4 Å². The molecule has 1 amide bonds. The molecule has 0 spiro atoms. The molecule has 25 heavy (non-hydrogen) atoms. The molecule has 2 atom stereocenters. The molecular weight excluding hydrogens is 338 g/mol. The molecule has 7 heteroatoms. The molecule has 3 aromatic rings. The average molecular weight is 357 g/mol. The number of hydrogen-bond acceptors (Lipinski definition) is 5. The number of carbonyl (C=O) groups is 1. The summed E-state index contributed by atoms with van der Waals surface area (Å²) in [4.78, 5) is 25.1. The lowest BCUT2D eigenvalue weighted by Gasteiger charge is -2.17. The van der Waals surface area contributed by atoms with E-state index in [1.54, 1.807) is 0 Å². The molecule has 0 radical (unpaired) electrons. The Labute approximate surface area is 149 Å². The maximum Gasteiger partial charge on any atom is 0.437 e. The van der Waals surface area contributed by atoms with Crippen molar-refractivity contribution in [2.75, 3.05) is 0 Å². The van der Waals surface area contributed by atoms with Crippen molar-refractivity contribution in [3.05, 3.63) is 64.0 Å². The van der Waals surface area contributed by atoms with Crippen LogP contribution in [0, 0.1) is 0 Å². The van der Waals surface area contributed by atoms with Gasteiger partial charge in [0.2, 0.25) is 5.91 Å². The Morgan fingerprint density at radius 2 is 2.00 bits per heavy atom. The van der Waals surface area contributed by atoms with E-state index in [2.05, 4.69) is 10.4 Å². The van der Waals surface area contributed by atoms with E-state index in [1.165, 1.54) is 16.0 Å². The van der Waals surface area contributed by atoms with Gasteiger partial charge in [-0.05, 0) is 30.9 Å². The Hall–Kier alpha value is -2.67. The maximum atomic E-state index is 12.4. The fraction of sp³-hybridized carbons (Fsp3) is 0.278. The lowest BCUT2D eigenvalue weighted by Crippen LogP contribution is -2.39. The largest absolute Gasteiger partial charge is 0.437 e. The molecule has 130 valence electrons. The summed E-state index contributed by atoms with van der Waals surface area (Å²) in [5, 5.41) is 9.01. The topological polar surface area (TPSA) is 77.1 Å². The normalized spacial score (nSPS) is 13.4. The van der Waals surface area contributed by atoms with Crippen LogP contribution in [0.4, 0.5) is 0 Å². The number of rotatable bonds is 6. The summed E-state index contributed by atoms with van der Waals surface area (Å²) in [6, 6.07) is 13.0. The van der Waals surface area contributed by atoms with Crippen LogP contribution in [0.5, 0.6) is 0 Å². The maximum absolute atomic E-state index is 12.4. The first-order valence-electron chi connectivity index (χ1n) is 8.01. The van der Waals surface area contributed by atoms with Crippen molar-refractivity contribution in [3.63, 3.8) is 0 Å². The predicted molar refractivity (Wildman–Crippen MR) is 96.5 cm³/mol. The Kier molecular flexibility index (Phi) is 5.14. The number of thiophene rings is 1. The van der Waals surface area contributed by atoms with Crippen LogP contribution in [-0.2, 0) is 11.3 Å². The number of nitrogens with one attached hydrogen (secondary N) is 1. The van der Waals surface area contributed by atoms with Gasteiger partial charge in [-0.25, -0.2) is 4.79 Å². The summed E-state index contributed by atoms with van der Waals surface area (Å²) in [5.41, 5.74) is 0.950. The Balaban J connectivity index is 1.64. The number of carbonyl (C=O) groups excluding carboxylic acids is 1. The van der Waals surface area contributed by atoms with E-state index in [1.807, 2.05) is 61.7 Å². The summed E-state index contributed by atoms with van der Waals surface area (Å²) < 4.78 is 6.42. The molecule has 0 aliphatic carbocycles. The van der Waals surface area contributed by atoms with Crippen LogP contribution in [0.2, 0.25) is 0 Å². The first kappa shape index (κ1) is 17.2. The van der Waals surface area contributed by atoms with Crippen LogP contribution in [-0.4, -0.2) is 21.7 Å². The van der Waals surface area contributed by atoms with Gasteiger partial charge in [-0.2, -0.15) is 4.68 Å². The van der Waals surface area contributed by atoms with Crippen LogP contribution in [0.3, 0.4) is 0 Å². The van der Waals surface area contributed by atoms with Crippen molar-refractivity contribution in [1.82, 2.24) is 15.1 Å². The molecule has 0 saturated heterocycles. The molecule has 1 N–H and O–H groups in total. The van der Waals surface area contributed by atoms with Gasteiger partial charge in [-0.3, -0.25) is 4.79 Å². The van der Waals surface area contributed by atoms with E-state index < -0.39 is 5.76 Å². The minimum atomic E-state index is -0.527. The molecular formula is C18H19N3O3S. The van der Waals surface area contributed by atoms with Crippen molar-refractivity contribution in [2.45, 2.75) is 32.4 Å². The fourth-order valence-electron chi connectivity index (χ4n) is 2.49. The van der Waals surface area contributed by atoms with Crippen LogP contribution < -0.4 is 11.1 Å². The number of benzene rings is 1. The van der Waals surface area contributed by atoms with Crippen LogP contribution in [0.1, 0.15) is 25.3 Å². The quantitative estimate of drug-likeness (QED) is 0.736. The van der Waals surface area contributed by atoms with E-state index in [0.29, 0.717) is 5.89 Å². The highest BCUT2D eigenvalue weighted by Crippen LogP contribution is 2.21. The van der Waals surface area contributed by atoms with Crippen molar-refractivity contribution >= 4 is 17.2 Å². The summed E-state index contributed by atoms with van der Waals surface area (Å²) in [6.45, 7) is 3.94. The minimum Gasteiger partial charge on any atom is -0.387 e. The summed E-state index contributed by atoms with van der Waals surface area (Å²) in [7, 11) is 0. The second-order valence-electron chi connectivity index (χ2n) is 5.87. The molecule has 0 aliphatic heterocycles. The van der Waals surface area contributed by atoms with Gasteiger partial charge in [0.25, 0.3) is 5.89 Å². The number of hydrogen-bond donors (Lipinski definition) is 1. The number of aromatic nitrogens is 2. The van der Waals surface area contributed by atoms with Crippen molar-refractivity contribution < 1.29 is 9.21 Å². The Bertz CT molecular complexity index is 884. The van der Waals surface area contributed by atoms with Crippen molar-refractivity contribution in [1.29, 1.82) is 0 Å². The number of amides is 1. The second-order valence-corrected chi connectivity index (χ2v) is 6.82. The molecule has 1 aromatic carbocycles. The second kappa shape index (κ2) is 7.48. The summed E-state index contributed by atoms with van der Waals surface area (Å²) in [5.74, 6) is -0.579. The van der Waals surface area contributed by atoms with Crippen LogP contribution in [0.15, 0.2) is 57.1 Å². The molecule has 0 aliphatic rings. The third kappa shape index (κ3) is 4.06. The molecule has 2 heterocycles. The van der Waals surface area contributed by atoms with Gasteiger partial charge < -0.3 is 9.73 Å². The highest BCUT2D eigenvalue weighted by molar-refractivity contribution is 7.13. The van der Waals surface area contributed by atoms with E-state index in [4.69, 9.17) is 4.42 Å². The molecule has 3 rings (SSSR count). The predicted octanol–water partition coefficient (Wildman–Crippen LogP) is 2.87. The van der Waals surface area contributed by atoms with E-state index in [0.717, 1.165) is 10.4 Å². The zero-order valence-electron chi connectivity index (χ0n) is 14.0. The monoisotopic (exact) mass is 357 g/mol. The molecule has 6 nitrogen and oxygen atoms in total. The van der Waals surface area contributed by atoms with Gasteiger partial charge in [0.1, 0.15) is 0 Å². The summed E-state index contributed by atoms with van der Waals surface area (Å²) in [6.07, 6.45) is 0. The highest BCUT2D eigenvalue weighted by atomic mass is 32.1. The third-order valence-corrected chi connectivity index (χ3v) is 4.72. The lowest BCUT2D eigenvalue weighted by molar-refractivity contribution is -0.122. The van der Waals surface area contributed by atoms with Gasteiger partial charge >= 0.3 is 5.76 Å². The SMILES string of the molecule is C[C@@H](Cn1nc(-c2cccs2)oc1=O)NC(=O)[C@H](C)c1ccccc1. The molecule has 0 bridgehead atoms. The van der Waals surface area contributed by atoms with Gasteiger partial charge in [-0.15, -0.1) is 16.4 Å². The molecule has 0 unspecified atom stereocenters. The first-order valence-corrected chi connectivity index (χ1v) is 8.89. The Morgan fingerprint density at radius 3 is 2.68 bits per heavy atom. The Morgan fingerprint density at radius 1 is 1.24 bits per heavy atom.